The number of halogens is 2. The molecule has 2 amide bonds. The van der Waals surface area contributed by atoms with Crippen molar-refractivity contribution < 1.29 is 9.59 Å². The largest absolute Gasteiger partial charge is 0.351 e. The summed E-state index contributed by atoms with van der Waals surface area (Å²) in [4.78, 5) is 30.8. The van der Waals surface area contributed by atoms with Gasteiger partial charge in [0.25, 0.3) is 11.8 Å². The van der Waals surface area contributed by atoms with Gasteiger partial charge in [-0.05, 0) is 30.3 Å². The zero-order valence-corrected chi connectivity index (χ0v) is 17.0. The Balaban J connectivity index is 0.00000196. The van der Waals surface area contributed by atoms with E-state index >= 15 is 0 Å². The Labute approximate surface area is 177 Å². The third-order valence-electron chi connectivity index (χ3n) is 4.23. The number of amides is 2. The number of benzene rings is 1. The number of hydrogen-bond donors (Lipinski definition) is 3. The van der Waals surface area contributed by atoms with Gasteiger partial charge >= 0.3 is 0 Å². The van der Waals surface area contributed by atoms with Crippen LogP contribution >= 0.6 is 24.8 Å². The number of carbonyl (C=O) groups is 2. The monoisotopic (exact) mass is 425 g/mol. The van der Waals surface area contributed by atoms with Crippen molar-refractivity contribution in [3.63, 3.8) is 0 Å². The molecule has 28 heavy (non-hydrogen) atoms. The summed E-state index contributed by atoms with van der Waals surface area (Å²) in [5.41, 5.74) is 1.57. The molecule has 0 saturated carbocycles. The molecule has 0 spiro atoms. The van der Waals surface area contributed by atoms with Crippen molar-refractivity contribution in [3.8, 4) is 0 Å². The number of aromatic nitrogens is 1. The first-order valence-corrected chi connectivity index (χ1v) is 8.75. The van der Waals surface area contributed by atoms with E-state index in [1.807, 2.05) is 0 Å². The van der Waals surface area contributed by atoms with Gasteiger partial charge in [0.15, 0.2) is 0 Å². The van der Waals surface area contributed by atoms with Crippen molar-refractivity contribution in [2.24, 2.45) is 0 Å². The molecule has 1 aromatic heterocycles. The smallest absolute Gasteiger partial charge is 0.257 e. The van der Waals surface area contributed by atoms with Crippen LogP contribution in [0.25, 0.3) is 0 Å². The zero-order chi connectivity index (χ0) is 18.2. The third kappa shape index (κ3) is 7.09. The summed E-state index contributed by atoms with van der Waals surface area (Å²) >= 11 is 0. The standard InChI is InChI=1S/C19H23N5O2.2ClH/c25-18(22-9-12-24-10-7-20-8-11-24)15-3-1-5-17(13-15)23-19(26)16-4-2-6-21-14-16;;/h1-6,13-14,20H,7-12H2,(H,22,25)(H,23,26);2*1H. The van der Waals surface area contributed by atoms with Crippen LogP contribution in [0.5, 0.6) is 0 Å². The third-order valence-corrected chi connectivity index (χ3v) is 4.23. The fourth-order valence-electron chi connectivity index (χ4n) is 2.80. The highest BCUT2D eigenvalue weighted by molar-refractivity contribution is 6.04. The molecule has 0 unspecified atom stereocenters. The van der Waals surface area contributed by atoms with Crippen LogP contribution in [0, 0.1) is 0 Å². The average molecular weight is 426 g/mol. The van der Waals surface area contributed by atoms with Gasteiger partial charge in [0.05, 0.1) is 5.56 Å². The molecule has 1 aliphatic rings. The molecule has 1 fully saturated rings. The summed E-state index contributed by atoms with van der Waals surface area (Å²) in [6, 6.07) is 10.3. The zero-order valence-electron chi connectivity index (χ0n) is 15.4. The number of nitrogens with one attached hydrogen (secondary N) is 3. The lowest BCUT2D eigenvalue weighted by atomic mass is 10.1. The minimum atomic E-state index is -0.255. The van der Waals surface area contributed by atoms with E-state index in [4.69, 9.17) is 0 Å². The molecule has 0 radical (unpaired) electrons. The molecule has 1 saturated heterocycles. The molecule has 2 aromatic rings. The number of carbonyl (C=O) groups excluding carboxylic acids is 2. The van der Waals surface area contributed by atoms with E-state index in [-0.39, 0.29) is 36.6 Å². The predicted molar refractivity (Wildman–Crippen MR) is 115 cm³/mol. The fraction of sp³-hybridized carbons (Fsp3) is 0.316. The lowest BCUT2D eigenvalue weighted by molar-refractivity contribution is 0.0946. The lowest BCUT2D eigenvalue weighted by Gasteiger charge is -2.27. The second-order valence-electron chi connectivity index (χ2n) is 6.12. The minimum absolute atomic E-state index is 0. The van der Waals surface area contributed by atoms with Gasteiger partial charge in [0.1, 0.15) is 0 Å². The molecule has 3 rings (SSSR count). The first-order chi connectivity index (χ1) is 12.7. The molecule has 0 aliphatic carbocycles. The topological polar surface area (TPSA) is 86.4 Å². The van der Waals surface area contributed by atoms with Crippen molar-refractivity contribution in [1.82, 2.24) is 20.5 Å². The van der Waals surface area contributed by atoms with Gasteiger partial charge in [-0.1, -0.05) is 6.07 Å². The second-order valence-corrected chi connectivity index (χ2v) is 6.12. The summed E-state index contributed by atoms with van der Waals surface area (Å²) in [6.45, 7) is 5.44. The van der Waals surface area contributed by atoms with Crippen molar-refractivity contribution in [2.45, 2.75) is 0 Å². The van der Waals surface area contributed by atoms with Crippen molar-refractivity contribution in [1.29, 1.82) is 0 Å². The SMILES string of the molecule is Cl.Cl.O=C(NCCN1CCNCC1)c1cccc(NC(=O)c2cccnc2)c1. The first-order valence-electron chi connectivity index (χ1n) is 8.75. The van der Waals surface area contributed by atoms with Crippen molar-refractivity contribution in [2.75, 3.05) is 44.6 Å². The molecule has 1 aromatic carbocycles. The van der Waals surface area contributed by atoms with E-state index < -0.39 is 0 Å². The fourth-order valence-corrected chi connectivity index (χ4v) is 2.80. The van der Waals surface area contributed by atoms with Crippen molar-refractivity contribution >= 4 is 42.3 Å². The molecular formula is C19H25Cl2N5O2. The highest BCUT2D eigenvalue weighted by atomic mass is 35.5. The van der Waals surface area contributed by atoms with E-state index in [0.29, 0.717) is 23.4 Å². The van der Waals surface area contributed by atoms with E-state index in [1.54, 1.807) is 42.6 Å². The molecule has 152 valence electrons. The van der Waals surface area contributed by atoms with Crippen LogP contribution in [-0.2, 0) is 0 Å². The van der Waals surface area contributed by atoms with Crippen LogP contribution in [0.4, 0.5) is 5.69 Å². The van der Waals surface area contributed by atoms with Crippen molar-refractivity contribution in [3.05, 3.63) is 59.9 Å². The maximum atomic E-state index is 12.3. The quantitative estimate of drug-likeness (QED) is 0.656. The van der Waals surface area contributed by atoms with Gasteiger partial charge in [-0.3, -0.25) is 19.5 Å². The van der Waals surface area contributed by atoms with E-state index in [0.717, 1.165) is 32.7 Å². The Morgan fingerprint density at radius 1 is 1.04 bits per heavy atom. The van der Waals surface area contributed by atoms with Gasteiger partial charge in [0, 0.05) is 62.9 Å². The predicted octanol–water partition coefficient (Wildman–Crippen LogP) is 1.81. The van der Waals surface area contributed by atoms with E-state index in [1.165, 1.54) is 6.20 Å². The normalized spacial score (nSPS) is 13.6. The minimum Gasteiger partial charge on any atom is -0.351 e. The Morgan fingerprint density at radius 2 is 1.79 bits per heavy atom. The number of nitrogens with zero attached hydrogens (tertiary/aromatic N) is 2. The Kier molecular flexibility index (Phi) is 10.5. The average Bonchev–Trinajstić information content (AvgIpc) is 2.69. The molecule has 2 heterocycles. The number of hydrogen-bond acceptors (Lipinski definition) is 5. The summed E-state index contributed by atoms with van der Waals surface area (Å²) in [6.07, 6.45) is 3.12. The number of piperazine rings is 1. The van der Waals surface area contributed by atoms with Crippen LogP contribution in [-0.4, -0.2) is 61.0 Å². The van der Waals surface area contributed by atoms with Crippen LogP contribution in [0.1, 0.15) is 20.7 Å². The van der Waals surface area contributed by atoms with Crippen LogP contribution in [0.2, 0.25) is 0 Å². The molecule has 0 bridgehead atoms. The number of rotatable bonds is 6. The van der Waals surface area contributed by atoms with Crippen LogP contribution < -0.4 is 16.0 Å². The van der Waals surface area contributed by atoms with Gasteiger partial charge in [-0.25, -0.2) is 0 Å². The Bertz CT molecular complexity index is 755. The second kappa shape index (κ2) is 12.3. The summed E-state index contributed by atoms with van der Waals surface area (Å²) in [7, 11) is 0. The number of pyridine rings is 1. The lowest BCUT2D eigenvalue weighted by Crippen LogP contribution is -2.46. The molecule has 1 aliphatic heterocycles. The molecule has 0 atom stereocenters. The Morgan fingerprint density at radius 3 is 2.50 bits per heavy atom. The van der Waals surface area contributed by atoms with Gasteiger partial charge in [0.2, 0.25) is 0 Å². The van der Waals surface area contributed by atoms with E-state index in [2.05, 4.69) is 25.8 Å². The maximum Gasteiger partial charge on any atom is 0.257 e. The highest BCUT2D eigenvalue weighted by Gasteiger charge is 2.11. The molecule has 7 nitrogen and oxygen atoms in total. The van der Waals surface area contributed by atoms with Gasteiger partial charge < -0.3 is 16.0 Å². The van der Waals surface area contributed by atoms with Crippen LogP contribution in [0.3, 0.4) is 0 Å². The number of anilines is 1. The molecule has 3 N–H and O–H groups in total. The molecular weight excluding hydrogens is 401 g/mol. The van der Waals surface area contributed by atoms with Crippen LogP contribution in [0.15, 0.2) is 48.8 Å². The molecule has 9 heteroatoms. The van der Waals surface area contributed by atoms with E-state index in [9.17, 15) is 9.59 Å². The summed E-state index contributed by atoms with van der Waals surface area (Å²) < 4.78 is 0. The van der Waals surface area contributed by atoms with Gasteiger partial charge in [-0.2, -0.15) is 0 Å². The summed E-state index contributed by atoms with van der Waals surface area (Å²) in [5, 5.41) is 9.03. The Hall–Kier alpha value is -2.19. The highest BCUT2D eigenvalue weighted by Crippen LogP contribution is 2.12. The van der Waals surface area contributed by atoms with Gasteiger partial charge in [-0.15, -0.1) is 24.8 Å². The first kappa shape index (κ1) is 23.8. The summed E-state index contributed by atoms with van der Waals surface area (Å²) in [5.74, 6) is -0.396. The maximum absolute atomic E-state index is 12.3.